The Bertz CT molecular complexity index is 1180. The van der Waals surface area contributed by atoms with Crippen molar-refractivity contribution in [1.29, 1.82) is 5.26 Å². The first-order valence-corrected chi connectivity index (χ1v) is 8.58. The Kier molecular flexibility index (Phi) is 4.12. The van der Waals surface area contributed by atoms with Crippen molar-refractivity contribution >= 4 is 5.69 Å². The molecule has 0 aliphatic heterocycles. The topological polar surface area (TPSA) is 58.9 Å². The van der Waals surface area contributed by atoms with Crippen LogP contribution in [0.2, 0.25) is 0 Å². The van der Waals surface area contributed by atoms with Crippen LogP contribution in [0.15, 0.2) is 30.5 Å². The Balaban J connectivity index is 2.44. The number of nitriles is 1. The van der Waals surface area contributed by atoms with Crippen molar-refractivity contribution in [2.24, 2.45) is 0 Å². The van der Waals surface area contributed by atoms with Crippen LogP contribution in [-0.4, -0.2) is 14.8 Å². The minimum absolute atomic E-state index is 0.0630. The van der Waals surface area contributed by atoms with Crippen molar-refractivity contribution < 1.29 is 2.74 Å². The lowest BCUT2D eigenvalue weighted by molar-refractivity contribution is 0.568. The Morgan fingerprint density at radius 3 is 2.33 bits per heavy atom. The molecule has 0 aliphatic carbocycles. The normalized spacial score (nSPS) is 12.7. The minimum atomic E-state index is -0.420. The number of rotatable bonds is 3. The molecule has 3 aromatic rings. The van der Waals surface area contributed by atoms with Gasteiger partial charge in [-0.15, -0.1) is 0 Å². The van der Waals surface area contributed by atoms with E-state index in [9.17, 15) is 5.26 Å². The van der Waals surface area contributed by atoms with Gasteiger partial charge < -0.3 is 0 Å². The molecule has 1 heterocycles. The van der Waals surface area contributed by atoms with Crippen LogP contribution in [0, 0.1) is 52.5 Å². The number of hydrogen-bond donors (Lipinski definition) is 0. The smallest absolute Gasteiger partial charge is 0.190 e. The van der Waals surface area contributed by atoms with Crippen molar-refractivity contribution in [2.45, 2.75) is 40.7 Å². The number of aromatic nitrogens is 3. The summed E-state index contributed by atoms with van der Waals surface area (Å²) in [6.07, 6.45) is 1.48. The standard InChI is InChI=1S/C22H21N5/c1-13-9-18(11-23)10-14(2)21(13)22(27-17(5)25-12-26-27)19-7-8-20(24-6)16(4)15(19)3/h7-10,12,22H,1-5H3/i9D,10D. The van der Waals surface area contributed by atoms with Gasteiger partial charge in [0.15, 0.2) is 5.69 Å². The summed E-state index contributed by atoms with van der Waals surface area (Å²) in [4.78, 5) is 7.86. The number of nitrogens with zero attached hydrogens (tertiary/aromatic N) is 5. The summed E-state index contributed by atoms with van der Waals surface area (Å²) >= 11 is 0. The summed E-state index contributed by atoms with van der Waals surface area (Å²) in [5.41, 5.74) is 5.50. The van der Waals surface area contributed by atoms with Crippen LogP contribution < -0.4 is 0 Å². The van der Waals surface area contributed by atoms with Crippen molar-refractivity contribution in [3.63, 3.8) is 0 Å². The average Bonchev–Trinajstić information content (AvgIpc) is 3.12. The van der Waals surface area contributed by atoms with Crippen molar-refractivity contribution in [2.75, 3.05) is 0 Å². The SMILES string of the molecule is [2H]c1c(C)c(C(c2ccc([N+]#[C-])c(C)c2C)n2ncnc2C)c(C)c([2H])c1C#N. The van der Waals surface area contributed by atoms with Crippen LogP contribution in [-0.2, 0) is 0 Å². The quantitative estimate of drug-likeness (QED) is 0.628. The van der Waals surface area contributed by atoms with Gasteiger partial charge in [0.2, 0.25) is 0 Å². The zero-order chi connectivity index (χ0) is 21.5. The number of hydrogen-bond acceptors (Lipinski definition) is 3. The second kappa shape index (κ2) is 7.05. The third kappa shape index (κ3) is 3.09. The van der Waals surface area contributed by atoms with E-state index in [0.717, 1.165) is 22.3 Å². The highest BCUT2D eigenvalue weighted by molar-refractivity contribution is 5.59. The summed E-state index contributed by atoms with van der Waals surface area (Å²) in [5.74, 6) is 0.697. The van der Waals surface area contributed by atoms with Gasteiger partial charge in [0.1, 0.15) is 18.2 Å². The molecule has 0 saturated carbocycles. The Labute approximate surface area is 162 Å². The highest BCUT2D eigenvalue weighted by Crippen LogP contribution is 2.37. The molecule has 5 nitrogen and oxygen atoms in total. The summed E-state index contributed by atoms with van der Waals surface area (Å²) < 4.78 is 18.7. The second-order valence-electron chi connectivity index (χ2n) is 6.59. The molecule has 0 radical (unpaired) electrons. The zero-order valence-corrected chi connectivity index (χ0v) is 16.0. The molecule has 134 valence electrons. The first-order valence-electron chi connectivity index (χ1n) is 9.58. The van der Waals surface area contributed by atoms with Crippen LogP contribution in [0.5, 0.6) is 0 Å². The molecule has 0 spiro atoms. The molecular weight excluding hydrogens is 334 g/mol. The van der Waals surface area contributed by atoms with E-state index in [-0.39, 0.29) is 17.6 Å². The Morgan fingerprint density at radius 1 is 1.15 bits per heavy atom. The van der Waals surface area contributed by atoms with Crippen LogP contribution in [0.4, 0.5) is 5.69 Å². The van der Waals surface area contributed by atoms with Crippen molar-refractivity contribution in [3.05, 3.63) is 86.7 Å². The lowest BCUT2D eigenvalue weighted by Gasteiger charge is -2.26. The van der Waals surface area contributed by atoms with E-state index in [1.807, 2.05) is 32.9 Å². The molecule has 1 aromatic heterocycles. The highest BCUT2D eigenvalue weighted by Gasteiger charge is 2.25. The fourth-order valence-electron chi connectivity index (χ4n) is 3.50. The van der Waals surface area contributed by atoms with Gasteiger partial charge in [-0.05, 0) is 74.5 Å². The number of benzene rings is 2. The third-order valence-corrected chi connectivity index (χ3v) is 5.03. The van der Waals surface area contributed by atoms with Crippen LogP contribution in [0.1, 0.15) is 53.6 Å². The molecule has 5 heteroatoms. The van der Waals surface area contributed by atoms with E-state index in [2.05, 4.69) is 14.9 Å². The van der Waals surface area contributed by atoms with Gasteiger partial charge in [-0.25, -0.2) is 14.5 Å². The molecule has 0 bridgehead atoms. The van der Waals surface area contributed by atoms with Gasteiger partial charge in [-0.2, -0.15) is 10.4 Å². The summed E-state index contributed by atoms with van der Waals surface area (Å²) in [6, 6.07) is 5.40. The average molecular weight is 357 g/mol. The van der Waals surface area contributed by atoms with Gasteiger partial charge in [0.25, 0.3) is 0 Å². The van der Waals surface area contributed by atoms with Gasteiger partial charge >= 0.3 is 0 Å². The molecule has 0 aliphatic rings. The van der Waals surface area contributed by atoms with Gasteiger partial charge in [0.05, 0.1) is 20.9 Å². The van der Waals surface area contributed by atoms with Gasteiger partial charge in [0, 0.05) is 0 Å². The highest BCUT2D eigenvalue weighted by atomic mass is 15.3. The maximum Gasteiger partial charge on any atom is 0.190 e. The zero-order valence-electron chi connectivity index (χ0n) is 18.0. The molecule has 0 N–H and O–H groups in total. The Hall–Kier alpha value is -3.44. The van der Waals surface area contributed by atoms with Crippen molar-refractivity contribution in [1.82, 2.24) is 14.8 Å². The maximum atomic E-state index is 9.42. The maximum absolute atomic E-state index is 9.42. The lowest BCUT2D eigenvalue weighted by atomic mass is 9.86. The molecule has 1 unspecified atom stereocenters. The van der Waals surface area contributed by atoms with E-state index < -0.39 is 6.04 Å². The second-order valence-corrected chi connectivity index (χ2v) is 6.59. The van der Waals surface area contributed by atoms with E-state index in [4.69, 9.17) is 9.31 Å². The van der Waals surface area contributed by atoms with Crippen molar-refractivity contribution in [3.8, 4) is 6.07 Å². The molecule has 2 aromatic carbocycles. The molecule has 1 atom stereocenters. The molecular formula is C22H21N5. The summed E-state index contributed by atoms with van der Waals surface area (Å²) in [7, 11) is 0. The van der Waals surface area contributed by atoms with E-state index in [0.29, 0.717) is 22.6 Å². The fraction of sp³-hybridized carbons (Fsp3) is 0.273. The molecule has 0 fully saturated rings. The van der Waals surface area contributed by atoms with E-state index >= 15 is 0 Å². The monoisotopic (exact) mass is 357 g/mol. The van der Waals surface area contributed by atoms with Crippen LogP contribution in [0.25, 0.3) is 4.85 Å². The van der Waals surface area contributed by atoms with E-state index in [1.165, 1.54) is 6.33 Å². The first kappa shape index (κ1) is 15.8. The molecule has 27 heavy (non-hydrogen) atoms. The van der Waals surface area contributed by atoms with Crippen LogP contribution >= 0.6 is 0 Å². The predicted octanol–water partition coefficient (Wildman–Crippen LogP) is 4.88. The predicted molar refractivity (Wildman–Crippen MR) is 105 cm³/mol. The van der Waals surface area contributed by atoms with E-state index in [1.54, 1.807) is 24.6 Å². The number of aryl methyl sites for hydroxylation is 1. The summed E-state index contributed by atoms with van der Waals surface area (Å²) in [6.45, 7) is 16.7. The Morgan fingerprint density at radius 2 is 1.81 bits per heavy atom. The largest absolute Gasteiger partial charge is 0.238 e. The third-order valence-electron chi connectivity index (χ3n) is 5.03. The first-order chi connectivity index (χ1) is 13.7. The van der Waals surface area contributed by atoms with Gasteiger partial charge in [-0.1, -0.05) is 17.7 Å². The lowest BCUT2D eigenvalue weighted by Crippen LogP contribution is -2.19. The minimum Gasteiger partial charge on any atom is -0.238 e. The molecule has 0 amide bonds. The molecule has 3 rings (SSSR count). The summed E-state index contributed by atoms with van der Waals surface area (Å²) in [5, 5.41) is 13.8. The van der Waals surface area contributed by atoms with Crippen LogP contribution in [0.3, 0.4) is 0 Å². The molecule has 0 saturated heterocycles. The van der Waals surface area contributed by atoms with Gasteiger partial charge in [-0.3, -0.25) is 0 Å². The fourth-order valence-corrected chi connectivity index (χ4v) is 3.50.